The lowest BCUT2D eigenvalue weighted by Crippen LogP contribution is -2.31. The van der Waals surface area contributed by atoms with Crippen molar-refractivity contribution in [2.45, 2.75) is 6.10 Å². The van der Waals surface area contributed by atoms with Crippen LogP contribution in [0.15, 0.2) is 63.8 Å². The quantitative estimate of drug-likeness (QED) is 0.643. The minimum atomic E-state index is -1.15. The predicted molar refractivity (Wildman–Crippen MR) is 101 cm³/mol. The molecule has 1 heterocycles. The van der Waals surface area contributed by atoms with E-state index in [9.17, 15) is 14.4 Å². The monoisotopic (exact) mass is 385 g/mol. The number of amides is 1. The van der Waals surface area contributed by atoms with Gasteiger partial charge in [-0.1, -0.05) is 41.9 Å². The van der Waals surface area contributed by atoms with Crippen LogP contribution in [0.25, 0.3) is 11.0 Å². The summed E-state index contributed by atoms with van der Waals surface area (Å²) in [5.74, 6) is -1.61. The number of fused-ring (bicyclic) bond motifs is 1. The first-order valence-electron chi connectivity index (χ1n) is 8.07. The molecule has 0 spiro atoms. The van der Waals surface area contributed by atoms with Crippen molar-refractivity contribution in [3.63, 3.8) is 0 Å². The van der Waals surface area contributed by atoms with Gasteiger partial charge in [0.25, 0.3) is 5.91 Å². The van der Waals surface area contributed by atoms with E-state index in [1.807, 2.05) is 0 Å². The largest absolute Gasteiger partial charge is 0.449 e. The zero-order chi connectivity index (χ0) is 19.6. The smallest absolute Gasteiger partial charge is 0.375 e. The van der Waals surface area contributed by atoms with Crippen LogP contribution in [0.4, 0.5) is 0 Å². The van der Waals surface area contributed by atoms with Gasteiger partial charge >= 0.3 is 5.97 Å². The highest BCUT2D eigenvalue weighted by Crippen LogP contribution is 2.23. The minimum Gasteiger partial charge on any atom is -0.449 e. The lowest BCUT2D eigenvalue weighted by Gasteiger charge is -2.21. The number of hydrogen-bond acceptors (Lipinski definition) is 5. The lowest BCUT2D eigenvalue weighted by molar-refractivity contribution is -0.138. The Kier molecular flexibility index (Phi) is 5.28. The maximum absolute atomic E-state index is 12.6. The van der Waals surface area contributed by atoms with Crippen LogP contribution >= 0.6 is 11.6 Å². The summed E-state index contributed by atoms with van der Waals surface area (Å²) in [6, 6.07) is 14.1. The van der Waals surface area contributed by atoms with Crippen molar-refractivity contribution < 1.29 is 18.7 Å². The number of esters is 1. The van der Waals surface area contributed by atoms with Crippen LogP contribution in [0.5, 0.6) is 0 Å². The van der Waals surface area contributed by atoms with E-state index < -0.39 is 23.4 Å². The molecule has 27 heavy (non-hydrogen) atoms. The summed E-state index contributed by atoms with van der Waals surface area (Å²) in [5, 5.41) is 0.633. The van der Waals surface area contributed by atoms with E-state index in [0.29, 0.717) is 10.6 Å². The number of ether oxygens (including phenoxy) is 1. The Balaban J connectivity index is 1.96. The van der Waals surface area contributed by atoms with E-state index in [1.165, 1.54) is 17.0 Å². The second-order valence-corrected chi connectivity index (χ2v) is 6.48. The average Bonchev–Trinajstić information content (AvgIpc) is 2.66. The molecule has 3 rings (SSSR count). The highest BCUT2D eigenvalue weighted by molar-refractivity contribution is 6.31. The second kappa shape index (κ2) is 7.63. The summed E-state index contributed by atoms with van der Waals surface area (Å²) >= 11 is 5.88. The molecule has 1 aromatic heterocycles. The van der Waals surface area contributed by atoms with Gasteiger partial charge in [-0.2, -0.15) is 0 Å². The van der Waals surface area contributed by atoms with Gasteiger partial charge in [0.05, 0.1) is 5.39 Å². The van der Waals surface area contributed by atoms with Gasteiger partial charge in [0.15, 0.2) is 5.43 Å². The number of nitrogens with zero attached hydrogens (tertiary/aromatic N) is 1. The molecule has 3 aromatic rings. The third-order valence-electron chi connectivity index (χ3n) is 3.88. The van der Waals surface area contributed by atoms with Gasteiger partial charge in [-0.3, -0.25) is 9.59 Å². The predicted octanol–water partition coefficient (Wildman–Crippen LogP) is 3.43. The summed E-state index contributed by atoms with van der Waals surface area (Å²) in [6.07, 6.45) is -1.15. The van der Waals surface area contributed by atoms with Crippen molar-refractivity contribution in [3.05, 3.63) is 81.2 Å². The zero-order valence-corrected chi connectivity index (χ0v) is 15.4. The van der Waals surface area contributed by atoms with Crippen LogP contribution in [0, 0.1) is 0 Å². The molecule has 0 N–H and O–H groups in total. The molecule has 0 aliphatic rings. The number of carbonyl (C=O) groups is 2. The Labute approximate surface area is 159 Å². The molecule has 0 bridgehead atoms. The number of likely N-dealkylation sites (N-methyl/N-ethyl adjacent to an activating group) is 1. The molecule has 138 valence electrons. The highest BCUT2D eigenvalue weighted by Gasteiger charge is 2.28. The van der Waals surface area contributed by atoms with Gasteiger partial charge < -0.3 is 14.1 Å². The van der Waals surface area contributed by atoms with Gasteiger partial charge in [-0.25, -0.2) is 4.79 Å². The van der Waals surface area contributed by atoms with Crippen molar-refractivity contribution in [2.75, 3.05) is 14.1 Å². The maximum atomic E-state index is 12.6. The van der Waals surface area contributed by atoms with Crippen LogP contribution in [0.1, 0.15) is 22.2 Å². The molecule has 7 heteroatoms. The van der Waals surface area contributed by atoms with Crippen molar-refractivity contribution in [1.82, 2.24) is 4.90 Å². The first-order chi connectivity index (χ1) is 12.9. The van der Waals surface area contributed by atoms with Crippen LogP contribution in [0.3, 0.4) is 0 Å². The summed E-state index contributed by atoms with van der Waals surface area (Å²) in [5.41, 5.74) is 0.286. The third-order valence-corrected chi connectivity index (χ3v) is 4.12. The van der Waals surface area contributed by atoms with Crippen LogP contribution in [-0.2, 0) is 9.53 Å². The third kappa shape index (κ3) is 4.01. The molecule has 1 atom stereocenters. The molecule has 0 unspecified atom stereocenters. The summed E-state index contributed by atoms with van der Waals surface area (Å²) < 4.78 is 10.9. The van der Waals surface area contributed by atoms with Crippen molar-refractivity contribution >= 4 is 34.4 Å². The topological polar surface area (TPSA) is 76.8 Å². The molecule has 0 fully saturated rings. The number of carbonyl (C=O) groups excluding carboxylic acids is 2. The molecule has 1 amide bonds. The molecule has 0 saturated heterocycles. The first kappa shape index (κ1) is 18.7. The fraction of sp³-hybridized carbons (Fsp3) is 0.150. The summed E-state index contributed by atoms with van der Waals surface area (Å²) in [4.78, 5) is 38.6. The van der Waals surface area contributed by atoms with E-state index >= 15 is 0 Å². The van der Waals surface area contributed by atoms with Crippen molar-refractivity contribution in [3.8, 4) is 0 Å². The van der Waals surface area contributed by atoms with Crippen LogP contribution < -0.4 is 5.43 Å². The minimum absolute atomic E-state index is 0.203. The highest BCUT2D eigenvalue weighted by atomic mass is 35.5. The van der Waals surface area contributed by atoms with Crippen molar-refractivity contribution in [2.24, 2.45) is 0 Å². The Bertz CT molecular complexity index is 1060. The Morgan fingerprint density at radius 3 is 2.44 bits per heavy atom. The second-order valence-electron chi connectivity index (χ2n) is 6.04. The molecular weight excluding hydrogens is 370 g/mol. The average molecular weight is 386 g/mol. The Morgan fingerprint density at radius 2 is 1.78 bits per heavy atom. The Hall–Kier alpha value is -3.12. The van der Waals surface area contributed by atoms with Crippen LogP contribution in [0.2, 0.25) is 5.02 Å². The molecule has 0 aliphatic carbocycles. The van der Waals surface area contributed by atoms with Crippen molar-refractivity contribution in [1.29, 1.82) is 0 Å². The summed E-state index contributed by atoms with van der Waals surface area (Å²) in [6.45, 7) is 0. The fourth-order valence-electron chi connectivity index (χ4n) is 2.52. The number of halogens is 1. The normalized spacial score (nSPS) is 11.8. The fourth-order valence-corrected chi connectivity index (χ4v) is 2.69. The van der Waals surface area contributed by atoms with E-state index in [1.54, 1.807) is 50.5 Å². The number of rotatable bonds is 4. The van der Waals surface area contributed by atoms with Gasteiger partial charge in [-0.05, 0) is 18.2 Å². The SMILES string of the molecule is CN(C)C(=O)[C@H](OC(=O)c1cc(=O)c2cc(Cl)ccc2o1)c1ccccc1. The van der Waals surface area contributed by atoms with E-state index in [-0.39, 0.29) is 16.7 Å². The van der Waals surface area contributed by atoms with Gasteiger partial charge in [0, 0.05) is 30.7 Å². The standard InChI is InChI=1S/C20H16ClNO5/c1-22(2)19(24)18(12-6-4-3-5-7-12)27-20(25)17-11-15(23)14-10-13(21)8-9-16(14)26-17/h3-11,18H,1-2H3/t18-/m1/s1. The molecular formula is C20H16ClNO5. The molecule has 0 saturated carbocycles. The van der Waals surface area contributed by atoms with E-state index in [4.69, 9.17) is 20.8 Å². The molecule has 2 aromatic carbocycles. The van der Waals surface area contributed by atoms with Gasteiger partial charge in [0.1, 0.15) is 5.58 Å². The van der Waals surface area contributed by atoms with Gasteiger partial charge in [0.2, 0.25) is 11.9 Å². The maximum Gasteiger partial charge on any atom is 0.375 e. The zero-order valence-electron chi connectivity index (χ0n) is 14.6. The molecule has 6 nitrogen and oxygen atoms in total. The lowest BCUT2D eigenvalue weighted by atomic mass is 10.1. The molecule has 0 radical (unpaired) electrons. The van der Waals surface area contributed by atoms with Crippen LogP contribution in [-0.4, -0.2) is 30.9 Å². The van der Waals surface area contributed by atoms with E-state index in [0.717, 1.165) is 6.07 Å². The summed E-state index contributed by atoms with van der Waals surface area (Å²) in [7, 11) is 3.12. The Morgan fingerprint density at radius 1 is 1.07 bits per heavy atom. The number of hydrogen-bond donors (Lipinski definition) is 0. The molecule has 0 aliphatic heterocycles. The number of benzene rings is 2. The van der Waals surface area contributed by atoms with E-state index in [2.05, 4.69) is 0 Å². The first-order valence-corrected chi connectivity index (χ1v) is 8.45. The van der Waals surface area contributed by atoms with Gasteiger partial charge in [-0.15, -0.1) is 0 Å².